The lowest BCUT2D eigenvalue weighted by molar-refractivity contribution is -0.139. The van der Waals surface area contributed by atoms with Crippen LogP contribution < -0.4 is 11.1 Å². The number of hydrogen-bond acceptors (Lipinski definition) is 3. The van der Waals surface area contributed by atoms with Crippen LogP contribution in [0.2, 0.25) is 0 Å². The molecule has 0 bridgehead atoms. The zero-order chi connectivity index (χ0) is 15.7. The van der Waals surface area contributed by atoms with Crippen LogP contribution in [0.3, 0.4) is 0 Å². The molecule has 0 aliphatic heterocycles. The van der Waals surface area contributed by atoms with E-state index in [9.17, 15) is 9.59 Å². The fraction of sp³-hybridized carbons (Fsp3) is 0.357. The summed E-state index contributed by atoms with van der Waals surface area (Å²) < 4.78 is 0. The fourth-order valence-electron chi connectivity index (χ4n) is 1.65. The molecule has 0 aromatic heterocycles. The van der Waals surface area contributed by atoms with Gasteiger partial charge in [0, 0.05) is 12.1 Å². The number of hydrogen-bond donors (Lipinski definition) is 3. The zero-order valence-electron chi connectivity index (χ0n) is 11.5. The number of nitrogens with one attached hydrogen (secondary N) is 1. The number of carboxylic acids is 1. The van der Waals surface area contributed by atoms with Crippen molar-refractivity contribution >= 4 is 29.3 Å². The minimum Gasteiger partial charge on any atom is -0.480 e. The Balaban J connectivity index is 2.51. The van der Waals surface area contributed by atoms with Crippen molar-refractivity contribution in [1.82, 2.24) is 5.32 Å². The maximum atomic E-state index is 11.9. The molecule has 1 amide bonds. The van der Waals surface area contributed by atoms with Crippen LogP contribution in [-0.4, -0.2) is 41.3 Å². The molecule has 1 aromatic carbocycles. The van der Waals surface area contributed by atoms with Gasteiger partial charge in [0.2, 0.25) is 0 Å². The van der Waals surface area contributed by atoms with Gasteiger partial charge in [-0.2, -0.15) is 0 Å². The molecule has 0 spiro atoms. The van der Waals surface area contributed by atoms with E-state index in [1.54, 1.807) is 30.3 Å². The van der Waals surface area contributed by atoms with Gasteiger partial charge in [-0.25, -0.2) is 4.79 Å². The van der Waals surface area contributed by atoms with Crippen molar-refractivity contribution in [2.75, 3.05) is 12.4 Å². The molecule has 114 valence electrons. The molecule has 0 unspecified atom stereocenters. The summed E-state index contributed by atoms with van der Waals surface area (Å²) in [5.74, 6) is -1.02. The predicted octanol–water partition coefficient (Wildman–Crippen LogP) is 1.25. The Hall–Kier alpha value is -2.08. The van der Waals surface area contributed by atoms with Crippen molar-refractivity contribution in [3.63, 3.8) is 0 Å². The van der Waals surface area contributed by atoms with Crippen LogP contribution >= 0.6 is 11.6 Å². The molecule has 0 heterocycles. The van der Waals surface area contributed by atoms with Crippen LogP contribution in [0.25, 0.3) is 0 Å². The summed E-state index contributed by atoms with van der Waals surface area (Å²) in [5.41, 5.74) is 5.86. The standard InChI is InChI=1S/C14H18ClN3O3/c15-9-12(16)17-8-4-7-11(14(20)21)18-13(19)10-5-2-1-3-6-10/h1-3,5-6,11H,4,7-9H2,(H2,16,17)(H,18,19)(H,20,21)/t11-/m1/s1. The highest BCUT2D eigenvalue weighted by molar-refractivity contribution is 6.27. The number of carbonyl (C=O) groups is 2. The van der Waals surface area contributed by atoms with E-state index in [-0.39, 0.29) is 12.3 Å². The van der Waals surface area contributed by atoms with Gasteiger partial charge >= 0.3 is 5.97 Å². The van der Waals surface area contributed by atoms with Crippen LogP contribution in [0.5, 0.6) is 0 Å². The van der Waals surface area contributed by atoms with E-state index >= 15 is 0 Å². The summed E-state index contributed by atoms with van der Waals surface area (Å²) in [6, 6.07) is 7.51. The molecule has 0 aliphatic rings. The highest BCUT2D eigenvalue weighted by atomic mass is 35.5. The highest BCUT2D eigenvalue weighted by Crippen LogP contribution is 2.03. The van der Waals surface area contributed by atoms with Crippen molar-refractivity contribution in [2.45, 2.75) is 18.9 Å². The van der Waals surface area contributed by atoms with Gasteiger partial charge in [0.15, 0.2) is 0 Å². The molecule has 0 radical (unpaired) electrons. The van der Waals surface area contributed by atoms with Crippen molar-refractivity contribution < 1.29 is 14.7 Å². The van der Waals surface area contributed by atoms with Gasteiger partial charge in [0.1, 0.15) is 11.9 Å². The SMILES string of the molecule is NC(CCl)=NCCC[C@@H](NC(=O)c1ccccc1)C(=O)O. The van der Waals surface area contributed by atoms with Gasteiger partial charge in [-0.3, -0.25) is 9.79 Å². The van der Waals surface area contributed by atoms with E-state index in [1.807, 2.05) is 0 Å². The Kier molecular flexibility index (Phi) is 7.25. The van der Waals surface area contributed by atoms with E-state index in [0.717, 1.165) is 0 Å². The van der Waals surface area contributed by atoms with Crippen LogP contribution in [0.4, 0.5) is 0 Å². The summed E-state index contributed by atoms with van der Waals surface area (Å²) in [5, 5.41) is 11.6. The van der Waals surface area contributed by atoms with Gasteiger partial charge in [0.05, 0.1) is 5.88 Å². The van der Waals surface area contributed by atoms with Crippen molar-refractivity contribution in [2.24, 2.45) is 10.7 Å². The van der Waals surface area contributed by atoms with Crippen molar-refractivity contribution in [3.05, 3.63) is 35.9 Å². The number of benzene rings is 1. The molecule has 1 atom stereocenters. The number of amides is 1. The number of amidine groups is 1. The molecule has 0 fully saturated rings. The normalized spacial score (nSPS) is 12.7. The first-order chi connectivity index (χ1) is 10.0. The molecule has 0 saturated carbocycles. The molecule has 1 rings (SSSR count). The van der Waals surface area contributed by atoms with Gasteiger partial charge in [-0.05, 0) is 25.0 Å². The maximum absolute atomic E-state index is 11.9. The van der Waals surface area contributed by atoms with E-state index in [0.29, 0.717) is 24.4 Å². The number of alkyl halides is 1. The average molecular weight is 312 g/mol. The molecule has 0 saturated heterocycles. The summed E-state index contributed by atoms with van der Waals surface area (Å²) in [6.45, 7) is 0.379. The number of nitrogens with two attached hydrogens (primary N) is 1. The first kappa shape index (κ1) is 17.0. The summed E-state index contributed by atoms with van der Waals surface area (Å²) in [7, 11) is 0. The summed E-state index contributed by atoms with van der Waals surface area (Å²) in [6.07, 6.45) is 0.761. The molecule has 4 N–H and O–H groups in total. The van der Waals surface area contributed by atoms with Gasteiger partial charge < -0.3 is 16.2 Å². The van der Waals surface area contributed by atoms with E-state index < -0.39 is 17.9 Å². The number of aliphatic imine (C=N–C) groups is 1. The first-order valence-electron chi connectivity index (χ1n) is 6.48. The zero-order valence-corrected chi connectivity index (χ0v) is 12.2. The number of aliphatic carboxylic acids is 1. The number of rotatable bonds is 8. The van der Waals surface area contributed by atoms with Crippen molar-refractivity contribution in [3.8, 4) is 0 Å². The largest absolute Gasteiger partial charge is 0.480 e. The predicted molar refractivity (Wildman–Crippen MR) is 81.8 cm³/mol. The van der Waals surface area contributed by atoms with Gasteiger partial charge in [-0.15, -0.1) is 11.6 Å². The molecule has 6 nitrogen and oxygen atoms in total. The minimum absolute atomic E-state index is 0.146. The van der Waals surface area contributed by atoms with Gasteiger partial charge in [0.25, 0.3) is 5.91 Å². The molecule has 0 aliphatic carbocycles. The fourth-order valence-corrected chi connectivity index (χ4v) is 1.73. The lowest BCUT2D eigenvalue weighted by atomic mass is 10.1. The second-order valence-corrected chi connectivity index (χ2v) is 4.65. The highest BCUT2D eigenvalue weighted by Gasteiger charge is 2.19. The molecule has 21 heavy (non-hydrogen) atoms. The number of nitrogens with zero attached hydrogens (tertiary/aromatic N) is 1. The summed E-state index contributed by atoms with van der Waals surface area (Å²) >= 11 is 5.47. The number of halogens is 1. The Labute approximate surface area is 128 Å². The van der Waals surface area contributed by atoms with Crippen molar-refractivity contribution in [1.29, 1.82) is 0 Å². The quantitative estimate of drug-likeness (QED) is 0.291. The second kappa shape index (κ2) is 8.97. The Morgan fingerprint density at radius 1 is 1.33 bits per heavy atom. The van der Waals surface area contributed by atoms with E-state index in [1.165, 1.54) is 0 Å². The lowest BCUT2D eigenvalue weighted by Gasteiger charge is -2.14. The molecule has 1 aromatic rings. The Bertz CT molecular complexity index is 505. The third-order valence-corrected chi connectivity index (χ3v) is 3.02. The Morgan fingerprint density at radius 3 is 2.57 bits per heavy atom. The third kappa shape index (κ3) is 6.27. The number of carbonyl (C=O) groups excluding carboxylic acids is 1. The second-order valence-electron chi connectivity index (χ2n) is 4.38. The van der Waals surface area contributed by atoms with Crippen LogP contribution in [-0.2, 0) is 4.79 Å². The monoisotopic (exact) mass is 311 g/mol. The molecular formula is C14H18ClN3O3. The minimum atomic E-state index is -1.08. The molecular weight excluding hydrogens is 294 g/mol. The lowest BCUT2D eigenvalue weighted by Crippen LogP contribution is -2.40. The Morgan fingerprint density at radius 2 is 2.00 bits per heavy atom. The number of carboxylic acid groups (broad SMARTS) is 1. The van der Waals surface area contributed by atoms with Gasteiger partial charge in [-0.1, -0.05) is 18.2 Å². The maximum Gasteiger partial charge on any atom is 0.326 e. The van der Waals surface area contributed by atoms with E-state index in [2.05, 4.69) is 10.3 Å². The molecule has 7 heteroatoms. The van der Waals surface area contributed by atoms with E-state index in [4.69, 9.17) is 22.4 Å². The van der Waals surface area contributed by atoms with Crippen LogP contribution in [0.15, 0.2) is 35.3 Å². The summed E-state index contributed by atoms with van der Waals surface area (Å²) in [4.78, 5) is 27.0. The smallest absolute Gasteiger partial charge is 0.326 e. The average Bonchev–Trinajstić information content (AvgIpc) is 2.50. The van der Waals surface area contributed by atoms with Crippen LogP contribution in [0.1, 0.15) is 23.2 Å². The third-order valence-electron chi connectivity index (χ3n) is 2.74. The first-order valence-corrected chi connectivity index (χ1v) is 7.01. The topological polar surface area (TPSA) is 105 Å². The van der Waals surface area contributed by atoms with Crippen LogP contribution in [0, 0.1) is 0 Å².